The van der Waals surface area contributed by atoms with Crippen LogP contribution in [0.1, 0.15) is 35.7 Å². The zero-order valence-corrected chi connectivity index (χ0v) is 16.8. The van der Waals surface area contributed by atoms with E-state index in [0.29, 0.717) is 18.0 Å². The summed E-state index contributed by atoms with van der Waals surface area (Å²) in [6.45, 7) is 4.80. The van der Waals surface area contributed by atoms with Crippen molar-refractivity contribution in [1.82, 2.24) is 14.8 Å². The van der Waals surface area contributed by atoms with E-state index in [9.17, 15) is 14.9 Å². The summed E-state index contributed by atoms with van der Waals surface area (Å²) >= 11 is 0. The first-order valence-corrected chi connectivity index (χ1v) is 9.80. The van der Waals surface area contributed by atoms with Gasteiger partial charge < -0.3 is 5.32 Å². The van der Waals surface area contributed by atoms with Crippen molar-refractivity contribution >= 4 is 39.3 Å². The molecular formula is C22H21N5O3. The van der Waals surface area contributed by atoms with Crippen LogP contribution in [-0.4, -0.2) is 25.6 Å². The van der Waals surface area contributed by atoms with E-state index >= 15 is 0 Å². The summed E-state index contributed by atoms with van der Waals surface area (Å²) in [7, 11) is 0. The number of hydrogen-bond donors (Lipinski definition) is 1. The molecule has 1 N–H and O–H groups in total. The van der Waals surface area contributed by atoms with Gasteiger partial charge in [0.2, 0.25) is 0 Å². The lowest BCUT2D eigenvalue weighted by Crippen LogP contribution is -2.13. The molecule has 8 nitrogen and oxygen atoms in total. The summed E-state index contributed by atoms with van der Waals surface area (Å²) < 4.78 is 1.81. The molecule has 0 fully saturated rings. The van der Waals surface area contributed by atoms with E-state index < -0.39 is 10.8 Å². The van der Waals surface area contributed by atoms with Crippen molar-refractivity contribution in [2.45, 2.75) is 33.2 Å². The zero-order valence-electron chi connectivity index (χ0n) is 16.8. The minimum Gasteiger partial charge on any atom is -0.304 e. The van der Waals surface area contributed by atoms with Gasteiger partial charge in [-0.05, 0) is 37.6 Å². The van der Waals surface area contributed by atoms with Crippen LogP contribution in [0.4, 0.5) is 11.5 Å². The number of non-ortho nitro benzene ring substituents is 1. The summed E-state index contributed by atoms with van der Waals surface area (Å²) in [5, 5.41) is 20.1. The molecule has 0 radical (unpaired) electrons. The molecule has 30 heavy (non-hydrogen) atoms. The second-order valence-electron chi connectivity index (χ2n) is 7.24. The number of nitro benzene ring substituents is 1. The molecule has 0 spiro atoms. The van der Waals surface area contributed by atoms with Gasteiger partial charge >= 0.3 is 0 Å². The highest BCUT2D eigenvalue weighted by Gasteiger charge is 2.18. The van der Waals surface area contributed by atoms with E-state index in [1.54, 1.807) is 4.68 Å². The third-order valence-corrected chi connectivity index (χ3v) is 4.95. The standard InChI is InChI=1S/C22H21N5O3/c1-3-4-10-26-21-18(13-16-11-14(2)8-9-19(16)23-21)20(25-26)24-22(28)15-6-5-7-17(12-15)27(29)30/h5-9,11-13H,3-4,10H2,1-2H3,(H,24,25,28). The minimum atomic E-state index is -0.524. The summed E-state index contributed by atoms with van der Waals surface area (Å²) in [6.07, 6.45) is 1.94. The van der Waals surface area contributed by atoms with Crippen LogP contribution < -0.4 is 5.32 Å². The van der Waals surface area contributed by atoms with Gasteiger partial charge in [-0.15, -0.1) is 0 Å². The topological polar surface area (TPSA) is 103 Å². The lowest BCUT2D eigenvalue weighted by Gasteiger charge is -2.04. The number of benzene rings is 2. The Morgan fingerprint density at radius 1 is 1.20 bits per heavy atom. The number of nitro groups is 1. The normalized spacial score (nSPS) is 11.1. The number of anilines is 1. The first-order chi connectivity index (χ1) is 14.5. The van der Waals surface area contributed by atoms with Gasteiger partial charge in [0.25, 0.3) is 11.6 Å². The number of aryl methyl sites for hydroxylation is 2. The van der Waals surface area contributed by atoms with E-state index in [1.165, 1.54) is 24.3 Å². The fraction of sp³-hybridized carbons (Fsp3) is 0.227. The number of carbonyl (C=O) groups is 1. The highest BCUT2D eigenvalue weighted by molar-refractivity contribution is 6.09. The second-order valence-corrected chi connectivity index (χ2v) is 7.24. The maximum atomic E-state index is 12.8. The first-order valence-electron chi connectivity index (χ1n) is 9.80. The molecule has 0 aliphatic carbocycles. The Hall–Kier alpha value is -3.81. The van der Waals surface area contributed by atoms with Crippen LogP contribution in [0.2, 0.25) is 0 Å². The van der Waals surface area contributed by atoms with Gasteiger partial charge in [-0.2, -0.15) is 5.10 Å². The maximum absolute atomic E-state index is 12.8. The first kappa shape index (κ1) is 19.5. The summed E-state index contributed by atoms with van der Waals surface area (Å²) in [4.78, 5) is 28.0. The maximum Gasteiger partial charge on any atom is 0.270 e. The Morgan fingerprint density at radius 3 is 2.80 bits per heavy atom. The quantitative estimate of drug-likeness (QED) is 0.366. The van der Waals surface area contributed by atoms with Crippen molar-refractivity contribution in [3.8, 4) is 0 Å². The SMILES string of the molecule is CCCCn1nc(NC(=O)c2cccc([N+](=O)[O-])c2)c2cc3cc(C)ccc3nc21. The van der Waals surface area contributed by atoms with E-state index in [0.717, 1.165) is 34.7 Å². The number of pyridine rings is 1. The molecule has 0 aliphatic heterocycles. The third-order valence-electron chi connectivity index (χ3n) is 4.95. The number of hydrogen-bond acceptors (Lipinski definition) is 5. The van der Waals surface area contributed by atoms with Gasteiger partial charge in [-0.1, -0.05) is 31.0 Å². The molecule has 0 atom stereocenters. The molecule has 0 bridgehead atoms. The molecule has 0 aliphatic rings. The number of nitrogens with zero attached hydrogens (tertiary/aromatic N) is 4. The summed E-state index contributed by atoms with van der Waals surface area (Å²) in [6, 6.07) is 13.6. The fourth-order valence-electron chi connectivity index (χ4n) is 3.38. The van der Waals surface area contributed by atoms with Crippen LogP contribution in [0, 0.1) is 17.0 Å². The van der Waals surface area contributed by atoms with Crippen molar-refractivity contribution in [1.29, 1.82) is 0 Å². The molecule has 0 unspecified atom stereocenters. The molecule has 2 aromatic heterocycles. The monoisotopic (exact) mass is 403 g/mol. The van der Waals surface area contributed by atoms with Crippen LogP contribution in [-0.2, 0) is 6.54 Å². The summed E-state index contributed by atoms with van der Waals surface area (Å²) in [5.41, 5.74) is 2.75. The van der Waals surface area contributed by atoms with Gasteiger partial charge in [0.05, 0.1) is 15.8 Å². The van der Waals surface area contributed by atoms with Gasteiger partial charge in [-0.25, -0.2) is 9.67 Å². The zero-order chi connectivity index (χ0) is 21.3. The molecule has 2 heterocycles. The molecule has 0 saturated heterocycles. The Kier molecular flexibility index (Phi) is 5.14. The van der Waals surface area contributed by atoms with Gasteiger partial charge in [0.15, 0.2) is 11.5 Å². The van der Waals surface area contributed by atoms with Crippen molar-refractivity contribution in [2.24, 2.45) is 0 Å². The van der Waals surface area contributed by atoms with Crippen LogP contribution in [0.15, 0.2) is 48.5 Å². The fourth-order valence-corrected chi connectivity index (χ4v) is 3.38. The number of aromatic nitrogens is 3. The molecular weight excluding hydrogens is 382 g/mol. The van der Waals surface area contributed by atoms with Crippen molar-refractivity contribution in [3.63, 3.8) is 0 Å². The molecule has 4 rings (SSSR count). The largest absolute Gasteiger partial charge is 0.304 e. The summed E-state index contributed by atoms with van der Waals surface area (Å²) in [5.74, 6) is -0.0569. The Labute approximate surface area is 172 Å². The van der Waals surface area contributed by atoms with E-state index in [1.807, 2.05) is 31.2 Å². The smallest absolute Gasteiger partial charge is 0.270 e. The van der Waals surface area contributed by atoms with Crippen molar-refractivity contribution < 1.29 is 9.72 Å². The van der Waals surface area contributed by atoms with Crippen LogP contribution in [0.5, 0.6) is 0 Å². The van der Waals surface area contributed by atoms with Crippen LogP contribution in [0.25, 0.3) is 21.9 Å². The molecule has 8 heteroatoms. The number of amides is 1. The van der Waals surface area contributed by atoms with E-state index in [4.69, 9.17) is 4.98 Å². The van der Waals surface area contributed by atoms with Gasteiger partial charge in [0, 0.05) is 29.6 Å². The average molecular weight is 403 g/mol. The highest BCUT2D eigenvalue weighted by Crippen LogP contribution is 2.27. The second kappa shape index (κ2) is 7.90. The number of nitrogens with one attached hydrogen (secondary N) is 1. The van der Waals surface area contributed by atoms with Crippen LogP contribution >= 0.6 is 0 Å². The van der Waals surface area contributed by atoms with Crippen molar-refractivity contribution in [3.05, 3.63) is 69.8 Å². The highest BCUT2D eigenvalue weighted by atomic mass is 16.6. The van der Waals surface area contributed by atoms with Gasteiger partial charge in [-0.3, -0.25) is 14.9 Å². The Bertz CT molecular complexity index is 1280. The van der Waals surface area contributed by atoms with Gasteiger partial charge in [0.1, 0.15) is 0 Å². The number of unbranched alkanes of at least 4 members (excludes halogenated alkanes) is 1. The predicted molar refractivity (Wildman–Crippen MR) is 116 cm³/mol. The molecule has 152 valence electrons. The van der Waals surface area contributed by atoms with Crippen LogP contribution in [0.3, 0.4) is 0 Å². The van der Waals surface area contributed by atoms with Crippen molar-refractivity contribution in [2.75, 3.05) is 5.32 Å². The lowest BCUT2D eigenvalue weighted by atomic mass is 10.1. The minimum absolute atomic E-state index is 0.135. The molecule has 4 aromatic rings. The van der Waals surface area contributed by atoms with E-state index in [-0.39, 0.29) is 11.3 Å². The Morgan fingerprint density at radius 2 is 2.03 bits per heavy atom. The predicted octanol–water partition coefficient (Wildman–Crippen LogP) is 4.85. The number of rotatable bonds is 6. The Balaban J connectivity index is 1.78. The number of carbonyl (C=O) groups excluding carboxylic acids is 1. The molecule has 0 saturated carbocycles. The average Bonchev–Trinajstić information content (AvgIpc) is 3.06. The third kappa shape index (κ3) is 3.71. The number of fused-ring (bicyclic) bond motifs is 2. The lowest BCUT2D eigenvalue weighted by molar-refractivity contribution is -0.384. The molecule has 2 aromatic carbocycles. The molecule has 1 amide bonds. The van der Waals surface area contributed by atoms with E-state index in [2.05, 4.69) is 17.3 Å².